The second-order valence-corrected chi connectivity index (χ2v) is 5.36. The van der Waals surface area contributed by atoms with Crippen LogP contribution in [-0.2, 0) is 6.42 Å². The minimum absolute atomic E-state index is 0.130. The van der Waals surface area contributed by atoms with Crippen LogP contribution in [-0.4, -0.2) is 40.2 Å². The second-order valence-electron chi connectivity index (χ2n) is 5.36. The first-order valence-corrected chi connectivity index (χ1v) is 6.70. The number of hydrogen-bond donors (Lipinski definition) is 1. The zero-order valence-corrected chi connectivity index (χ0v) is 11.2. The maximum atomic E-state index is 10.5. The molecule has 1 heterocycles. The van der Waals surface area contributed by atoms with Crippen LogP contribution in [0.2, 0.25) is 0 Å². The lowest BCUT2D eigenvalue weighted by molar-refractivity contribution is -0.384. The van der Waals surface area contributed by atoms with Gasteiger partial charge < -0.3 is 5.11 Å². The summed E-state index contributed by atoms with van der Waals surface area (Å²) >= 11 is 0. The molecule has 0 amide bonds. The average molecular weight is 264 g/mol. The van der Waals surface area contributed by atoms with Crippen LogP contribution >= 0.6 is 0 Å². The van der Waals surface area contributed by atoms with Gasteiger partial charge in [-0.25, -0.2) is 0 Å². The van der Waals surface area contributed by atoms with Crippen LogP contribution in [0, 0.1) is 10.1 Å². The van der Waals surface area contributed by atoms with Crippen LogP contribution in [0.15, 0.2) is 24.3 Å². The predicted octanol–water partition coefficient (Wildman–Crippen LogP) is 1.98. The Morgan fingerprint density at radius 3 is 2.53 bits per heavy atom. The van der Waals surface area contributed by atoms with Crippen molar-refractivity contribution in [1.82, 2.24) is 4.90 Å². The molecule has 0 aliphatic carbocycles. The Morgan fingerprint density at radius 2 is 2.00 bits per heavy atom. The number of hydrogen-bond acceptors (Lipinski definition) is 4. The molecule has 5 nitrogen and oxygen atoms in total. The second kappa shape index (κ2) is 5.67. The first-order valence-electron chi connectivity index (χ1n) is 6.70. The fourth-order valence-corrected chi connectivity index (χ4v) is 2.64. The first-order chi connectivity index (χ1) is 9.02. The number of rotatable bonds is 6. The van der Waals surface area contributed by atoms with Gasteiger partial charge in [0.05, 0.1) is 10.5 Å². The van der Waals surface area contributed by atoms with Crippen molar-refractivity contribution in [3.05, 3.63) is 39.9 Å². The largest absolute Gasteiger partial charge is 0.387 e. The lowest BCUT2D eigenvalue weighted by Crippen LogP contribution is -2.61. The van der Waals surface area contributed by atoms with Crippen LogP contribution in [0.25, 0.3) is 0 Å². The highest BCUT2D eigenvalue weighted by Gasteiger charge is 2.39. The van der Waals surface area contributed by atoms with Crippen molar-refractivity contribution in [2.24, 2.45) is 0 Å². The number of nitrogens with zero attached hydrogens (tertiary/aromatic N) is 2. The molecule has 5 heteroatoms. The van der Waals surface area contributed by atoms with Crippen molar-refractivity contribution in [2.75, 3.05) is 19.6 Å². The average Bonchev–Trinajstić information content (AvgIpc) is 2.34. The van der Waals surface area contributed by atoms with E-state index in [0.29, 0.717) is 0 Å². The van der Waals surface area contributed by atoms with E-state index in [1.807, 2.05) is 0 Å². The highest BCUT2D eigenvalue weighted by atomic mass is 16.6. The van der Waals surface area contributed by atoms with Gasteiger partial charge in [-0.15, -0.1) is 0 Å². The van der Waals surface area contributed by atoms with E-state index in [-0.39, 0.29) is 10.6 Å². The number of β-amino-alcohol motifs (C(OH)–C–C–N with tert-alkyl or cyclic N) is 1. The highest BCUT2D eigenvalue weighted by Crippen LogP contribution is 2.25. The molecule has 0 bridgehead atoms. The summed E-state index contributed by atoms with van der Waals surface area (Å²) in [4.78, 5) is 12.4. The van der Waals surface area contributed by atoms with E-state index in [1.165, 1.54) is 0 Å². The molecule has 19 heavy (non-hydrogen) atoms. The molecular weight excluding hydrogens is 244 g/mol. The SMILES string of the molecule is CCCC1(O)CN(CCc2ccc([N+](=O)[O-])cc2)C1. The Balaban J connectivity index is 1.76. The van der Waals surface area contributed by atoms with E-state index in [1.54, 1.807) is 24.3 Å². The van der Waals surface area contributed by atoms with E-state index in [9.17, 15) is 15.2 Å². The summed E-state index contributed by atoms with van der Waals surface area (Å²) in [6.45, 7) is 4.46. The van der Waals surface area contributed by atoms with Gasteiger partial charge in [-0.2, -0.15) is 0 Å². The van der Waals surface area contributed by atoms with Crippen molar-refractivity contribution < 1.29 is 10.0 Å². The van der Waals surface area contributed by atoms with Crippen LogP contribution in [0.4, 0.5) is 5.69 Å². The third-order valence-corrected chi connectivity index (χ3v) is 3.62. The number of nitro benzene ring substituents is 1. The van der Waals surface area contributed by atoms with E-state index < -0.39 is 5.60 Å². The lowest BCUT2D eigenvalue weighted by atomic mass is 9.89. The zero-order valence-electron chi connectivity index (χ0n) is 11.2. The molecule has 1 saturated heterocycles. The Bertz CT molecular complexity index is 439. The molecule has 0 unspecified atom stereocenters. The molecule has 1 aliphatic heterocycles. The molecule has 104 valence electrons. The molecule has 2 rings (SSSR count). The molecule has 0 spiro atoms. The van der Waals surface area contributed by atoms with Crippen LogP contribution in [0.5, 0.6) is 0 Å². The molecule has 0 radical (unpaired) electrons. The maximum absolute atomic E-state index is 10.5. The van der Waals surface area contributed by atoms with E-state index in [4.69, 9.17) is 0 Å². The quantitative estimate of drug-likeness (QED) is 0.630. The fourth-order valence-electron chi connectivity index (χ4n) is 2.64. The molecule has 1 fully saturated rings. The third-order valence-electron chi connectivity index (χ3n) is 3.62. The van der Waals surface area contributed by atoms with Gasteiger partial charge in [0, 0.05) is 31.8 Å². The Labute approximate surface area is 113 Å². The van der Waals surface area contributed by atoms with Crippen LogP contribution in [0.3, 0.4) is 0 Å². The molecule has 1 aromatic carbocycles. The predicted molar refractivity (Wildman–Crippen MR) is 73.1 cm³/mol. The Kier molecular flexibility index (Phi) is 4.17. The first kappa shape index (κ1) is 14.0. The van der Waals surface area contributed by atoms with E-state index in [0.717, 1.165) is 44.5 Å². The van der Waals surface area contributed by atoms with Gasteiger partial charge in [-0.1, -0.05) is 25.5 Å². The zero-order chi connectivity index (χ0) is 13.9. The summed E-state index contributed by atoms with van der Waals surface area (Å²) in [6, 6.07) is 6.68. The van der Waals surface area contributed by atoms with Gasteiger partial charge in [0.15, 0.2) is 0 Å². The van der Waals surface area contributed by atoms with Gasteiger partial charge >= 0.3 is 0 Å². The molecular formula is C14H20N2O3. The highest BCUT2D eigenvalue weighted by molar-refractivity contribution is 5.32. The Hall–Kier alpha value is -1.46. The van der Waals surface area contributed by atoms with Gasteiger partial charge in [0.25, 0.3) is 5.69 Å². The van der Waals surface area contributed by atoms with Crippen LogP contribution in [0.1, 0.15) is 25.3 Å². The number of benzene rings is 1. The summed E-state index contributed by atoms with van der Waals surface area (Å²) < 4.78 is 0. The minimum Gasteiger partial charge on any atom is -0.387 e. The van der Waals surface area contributed by atoms with Crippen molar-refractivity contribution in [3.8, 4) is 0 Å². The monoisotopic (exact) mass is 264 g/mol. The number of non-ortho nitro benzene ring substituents is 1. The summed E-state index contributed by atoms with van der Waals surface area (Å²) in [5.41, 5.74) is 0.742. The van der Waals surface area contributed by atoms with Crippen molar-refractivity contribution in [1.29, 1.82) is 0 Å². The summed E-state index contributed by atoms with van der Waals surface area (Å²) in [7, 11) is 0. The lowest BCUT2D eigenvalue weighted by Gasteiger charge is -2.46. The topological polar surface area (TPSA) is 66.6 Å². The van der Waals surface area contributed by atoms with Crippen molar-refractivity contribution in [3.63, 3.8) is 0 Å². The molecule has 0 atom stereocenters. The third kappa shape index (κ3) is 3.52. The maximum Gasteiger partial charge on any atom is 0.269 e. The number of aliphatic hydroxyl groups is 1. The van der Waals surface area contributed by atoms with Crippen molar-refractivity contribution in [2.45, 2.75) is 31.8 Å². The molecule has 1 N–H and O–H groups in total. The number of nitro groups is 1. The summed E-state index contributed by atoms with van der Waals surface area (Å²) in [5.74, 6) is 0. The molecule has 0 aromatic heterocycles. The van der Waals surface area contributed by atoms with Crippen molar-refractivity contribution >= 4 is 5.69 Å². The normalized spacial score (nSPS) is 18.0. The van der Waals surface area contributed by atoms with E-state index in [2.05, 4.69) is 11.8 Å². The van der Waals surface area contributed by atoms with E-state index >= 15 is 0 Å². The number of likely N-dealkylation sites (tertiary alicyclic amines) is 1. The van der Waals surface area contributed by atoms with Gasteiger partial charge in [-0.3, -0.25) is 15.0 Å². The smallest absolute Gasteiger partial charge is 0.269 e. The standard InChI is InChI=1S/C14H20N2O3/c1-2-8-14(17)10-15(11-14)9-7-12-3-5-13(6-4-12)16(18)19/h3-6,17H,2,7-11H2,1H3. The van der Waals surface area contributed by atoms with Gasteiger partial charge in [-0.05, 0) is 18.4 Å². The Morgan fingerprint density at radius 1 is 1.37 bits per heavy atom. The van der Waals surface area contributed by atoms with Gasteiger partial charge in [0.2, 0.25) is 0 Å². The van der Waals surface area contributed by atoms with Gasteiger partial charge in [0.1, 0.15) is 0 Å². The minimum atomic E-state index is -0.482. The fraction of sp³-hybridized carbons (Fsp3) is 0.571. The molecule has 1 aromatic rings. The molecule has 1 aliphatic rings. The summed E-state index contributed by atoms with van der Waals surface area (Å²) in [6.07, 6.45) is 2.73. The molecule has 0 saturated carbocycles. The van der Waals surface area contributed by atoms with Crippen LogP contribution < -0.4 is 0 Å². The summed E-state index contributed by atoms with van der Waals surface area (Å²) in [5, 5.41) is 20.6.